The summed E-state index contributed by atoms with van der Waals surface area (Å²) in [7, 11) is 0. The van der Waals surface area contributed by atoms with Gasteiger partial charge >= 0.3 is 6.18 Å². The fourth-order valence-electron chi connectivity index (χ4n) is 1.40. The summed E-state index contributed by atoms with van der Waals surface area (Å²) in [6.45, 7) is 0.223. The number of hydrogen-bond acceptors (Lipinski definition) is 2. The highest BCUT2D eigenvalue weighted by Gasteiger charge is 2.25. The Kier molecular flexibility index (Phi) is 4.55. The van der Waals surface area contributed by atoms with Crippen LogP contribution in [0.2, 0.25) is 0 Å². The summed E-state index contributed by atoms with van der Waals surface area (Å²) in [5.41, 5.74) is 0.594. The largest absolute Gasteiger partial charge is 0.390 e. The van der Waals surface area contributed by atoms with E-state index in [2.05, 4.69) is 4.98 Å². The quantitative estimate of drug-likeness (QED) is 0.626. The molecule has 16 heavy (non-hydrogen) atoms. The molecule has 0 aliphatic rings. The number of aromatic nitrogens is 2. The Morgan fingerprint density at radius 1 is 1.38 bits per heavy atom. The van der Waals surface area contributed by atoms with Crippen molar-refractivity contribution in [2.24, 2.45) is 0 Å². The number of aliphatic hydroxyl groups is 1. The third-order valence-corrected chi connectivity index (χ3v) is 2.55. The van der Waals surface area contributed by atoms with Crippen LogP contribution in [-0.4, -0.2) is 20.8 Å². The molecule has 1 rings (SSSR count). The van der Waals surface area contributed by atoms with Gasteiger partial charge in [-0.15, -0.1) is 0 Å². The van der Waals surface area contributed by atoms with Gasteiger partial charge in [0.1, 0.15) is 0 Å². The third kappa shape index (κ3) is 3.97. The number of nitrogens with zero attached hydrogens (tertiary/aromatic N) is 1. The molecule has 2 N–H and O–H groups in total. The van der Waals surface area contributed by atoms with Crippen molar-refractivity contribution in [2.75, 3.05) is 0 Å². The monoisotopic (exact) mass is 254 g/mol. The zero-order valence-corrected chi connectivity index (χ0v) is 9.37. The second-order valence-electron chi connectivity index (χ2n) is 3.47. The van der Waals surface area contributed by atoms with Crippen LogP contribution in [0, 0.1) is 4.77 Å². The molecule has 0 saturated heterocycles. The number of hydrogen-bond donors (Lipinski definition) is 2. The van der Waals surface area contributed by atoms with Crippen molar-refractivity contribution in [3.05, 3.63) is 16.7 Å². The van der Waals surface area contributed by atoms with Crippen LogP contribution in [0.3, 0.4) is 0 Å². The average molecular weight is 254 g/mol. The molecule has 0 unspecified atom stereocenters. The van der Waals surface area contributed by atoms with Gasteiger partial charge in [-0.25, -0.2) is 0 Å². The van der Waals surface area contributed by atoms with Gasteiger partial charge in [-0.1, -0.05) is 0 Å². The number of aromatic amines is 1. The number of rotatable bonds is 5. The van der Waals surface area contributed by atoms with E-state index in [0.29, 0.717) is 23.4 Å². The van der Waals surface area contributed by atoms with Crippen LogP contribution in [-0.2, 0) is 13.2 Å². The van der Waals surface area contributed by atoms with Gasteiger partial charge in [0, 0.05) is 19.2 Å². The Morgan fingerprint density at radius 2 is 2.06 bits per heavy atom. The summed E-state index contributed by atoms with van der Waals surface area (Å²) in [4.78, 5) is 2.74. The van der Waals surface area contributed by atoms with Crippen molar-refractivity contribution in [3.63, 3.8) is 0 Å². The normalized spacial score (nSPS) is 12.0. The highest BCUT2D eigenvalue weighted by atomic mass is 32.1. The van der Waals surface area contributed by atoms with Gasteiger partial charge in [0.05, 0.1) is 12.3 Å². The van der Waals surface area contributed by atoms with Crippen molar-refractivity contribution in [1.29, 1.82) is 0 Å². The van der Waals surface area contributed by atoms with E-state index in [-0.39, 0.29) is 13.0 Å². The van der Waals surface area contributed by atoms with E-state index in [1.54, 1.807) is 10.8 Å². The molecule has 92 valence electrons. The number of alkyl halides is 3. The van der Waals surface area contributed by atoms with Gasteiger partial charge in [-0.05, 0) is 25.1 Å². The Balaban J connectivity index is 2.43. The van der Waals surface area contributed by atoms with Crippen molar-refractivity contribution >= 4 is 12.2 Å². The third-order valence-electron chi connectivity index (χ3n) is 2.21. The van der Waals surface area contributed by atoms with E-state index < -0.39 is 12.6 Å². The minimum absolute atomic E-state index is 0.0708. The lowest BCUT2D eigenvalue weighted by atomic mass is 10.2. The lowest BCUT2D eigenvalue weighted by Crippen LogP contribution is -2.08. The molecule has 0 radical (unpaired) electrons. The summed E-state index contributed by atoms with van der Waals surface area (Å²) < 4.78 is 37.7. The first-order valence-electron chi connectivity index (χ1n) is 4.89. The molecule has 0 aliphatic carbocycles. The van der Waals surface area contributed by atoms with E-state index in [9.17, 15) is 13.2 Å². The molecule has 1 aromatic rings. The maximum Gasteiger partial charge on any atom is 0.389 e. The first-order chi connectivity index (χ1) is 7.44. The van der Waals surface area contributed by atoms with Crippen molar-refractivity contribution in [1.82, 2.24) is 9.55 Å². The molecule has 7 heteroatoms. The molecular weight excluding hydrogens is 241 g/mol. The summed E-state index contributed by atoms with van der Waals surface area (Å²) in [5.74, 6) is 0. The zero-order valence-electron chi connectivity index (χ0n) is 8.55. The number of imidazole rings is 1. The number of H-pyrrole nitrogens is 1. The number of nitrogens with one attached hydrogen (secondary N) is 1. The highest BCUT2D eigenvalue weighted by Crippen LogP contribution is 2.22. The molecule has 1 heterocycles. The van der Waals surface area contributed by atoms with Gasteiger partial charge < -0.3 is 14.7 Å². The lowest BCUT2D eigenvalue weighted by molar-refractivity contribution is -0.135. The minimum Gasteiger partial charge on any atom is -0.390 e. The molecule has 3 nitrogen and oxygen atoms in total. The second-order valence-corrected chi connectivity index (χ2v) is 3.85. The van der Waals surface area contributed by atoms with Gasteiger partial charge in [-0.2, -0.15) is 13.2 Å². The molecule has 1 aromatic heterocycles. The predicted octanol–water partition coefficient (Wildman–Crippen LogP) is 2.77. The molecule has 0 atom stereocenters. The Labute approximate surface area is 95.9 Å². The zero-order chi connectivity index (χ0) is 12.2. The Hall–Kier alpha value is -0.820. The summed E-state index contributed by atoms with van der Waals surface area (Å²) in [6, 6.07) is 0. The van der Waals surface area contributed by atoms with Crippen molar-refractivity contribution < 1.29 is 18.3 Å². The van der Waals surface area contributed by atoms with Gasteiger partial charge in [-0.3, -0.25) is 0 Å². The topological polar surface area (TPSA) is 40.9 Å². The maximum atomic E-state index is 11.9. The van der Waals surface area contributed by atoms with Gasteiger partial charge in [0.2, 0.25) is 0 Å². The van der Waals surface area contributed by atoms with Crippen LogP contribution in [0.15, 0.2) is 6.20 Å². The highest BCUT2D eigenvalue weighted by molar-refractivity contribution is 7.71. The summed E-state index contributed by atoms with van der Waals surface area (Å²) in [6.07, 6.45) is -2.86. The van der Waals surface area contributed by atoms with E-state index in [4.69, 9.17) is 17.3 Å². The van der Waals surface area contributed by atoms with Crippen LogP contribution in [0.4, 0.5) is 13.2 Å². The van der Waals surface area contributed by atoms with E-state index >= 15 is 0 Å². The molecule has 0 aliphatic heterocycles. The molecule has 0 saturated carbocycles. The van der Waals surface area contributed by atoms with Crippen LogP contribution < -0.4 is 0 Å². The average Bonchev–Trinajstić information content (AvgIpc) is 2.53. The number of unbranched alkanes of at least 4 members (excludes halogenated alkanes) is 1. The molecule has 0 amide bonds. The SMILES string of the molecule is OCc1c[nH]c(=S)n1CCCCC(F)(F)F. The van der Waals surface area contributed by atoms with Crippen LogP contribution in [0.25, 0.3) is 0 Å². The summed E-state index contributed by atoms with van der Waals surface area (Å²) in [5, 5.41) is 8.95. The van der Waals surface area contributed by atoms with E-state index in [1.165, 1.54) is 0 Å². The smallest absolute Gasteiger partial charge is 0.389 e. The molecule has 0 fully saturated rings. The first-order valence-corrected chi connectivity index (χ1v) is 5.29. The standard InChI is InChI=1S/C9H13F3N2OS/c10-9(11,12)3-1-2-4-14-7(6-15)5-13-8(14)16/h5,15H,1-4,6H2,(H,13,16). The van der Waals surface area contributed by atoms with Gasteiger partial charge in [0.25, 0.3) is 0 Å². The molecule has 0 aromatic carbocycles. The van der Waals surface area contributed by atoms with Crippen LogP contribution >= 0.6 is 12.2 Å². The van der Waals surface area contributed by atoms with E-state index in [1.807, 2.05) is 0 Å². The molecule has 0 bridgehead atoms. The number of aliphatic hydroxyl groups excluding tert-OH is 1. The lowest BCUT2D eigenvalue weighted by Gasteiger charge is -2.08. The molecular formula is C9H13F3N2OS. The Bertz CT molecular complexity index is 383. The minimum atomic E-state index is -4.10. The summed E-state index contributed by atoms with van der Waals surface area (Å²) >= 11 is 4.94. The van der Waals surface area contributed by atoms with Gasteiger partial charge in [0.15, 0.2) is 4.77 Å². The van der Waals surface area contributed by atoms with Crippen molar-refractivity contribution in [3.8, 4) is 0 Å². The van der Waals surface area contributed by atoms with Crippen LogP contribution in [0.5, 0.6) is 0 Å². The maximum absolute atomic E-state index is 11.9. The van der Waals surface area contributed by atoms with E-state index in [0.717, 1.165) is 0 Å². The predicted molar refractivity (Wildman–Crippen MR) is 55.4 cm³/mol. The first kappa shape index (κ1) is 13.2. The fraction of sp³-hybridized carbons (Fsp3) is 0.667. The Morgan fingerprint density at radius 3 is 2.62 bits per heavy atom. The number of halogens is 3. The van der Waals surface area contributed by atoms with Crippen LogP contribution in [0.1, 0.15) is 25.0 Å². The van der Waals surface area contributed by atoms with Crippen molar-refractivity contribution in [2.45, 2.75) is 38.6 Å². The molecule has 0 spiro atoms. The fourth-order valence-corrected chi connectivity index (χ4v) is 1.67. The second kappa shape index (κ2) is 5.49.